The first-order chi connectivity index (χ1) is 19.7. The van der Waals surface area contributed by atoms with Crippen molar-refractivity contribution in [2.24, 2.45) is 0 Å². The SMILES string of the molecule is Cc1cc(C=CC#N)cc(Oc2c(C(C)C)c(=O)[nH]c(=O)n2Cc2ccnc(N3C(=O)c4ccccc4C3=O)c2)c1. The van der Waals surface area contributed by atoms with E-state index in [1.807, 2.05) is 32.9 Å². The Morgan fingerprint density at radius 3 is 2.39 bits per heavy atom. The normalized spacial score (nSPS) is 12.7. The van der Waals surface area contributed by atoms with Gasteiger partial charge in [0.2, 0.25) is 5.88 Å². The molecule has 204 valence electrons. The van der Waals surface area contributed by atoms with E-state index in [0.29, 0.717) is 28.0 Å². The molecule has 2 amide bonds. The first kappa shape index (κ1) is 27.0. The summed E-state index contributed by atoms with van der Waals surface area (Å²) in [4.78, 5) is 59.6. The van der Waals surface area contributed by atoms with Crippen LogP contribution in [0.25, 0.3) is 6.08 Å². The average molecular weight is 548 g/mol. The van der Waals surface area contributed by atoms with Gasteiger partial charge in [-0.3, -0.25) is 23.9 Å². The molecule has 3 heterocycles. The van der Waals surface area contributed by atoms with Crippen LogP contribution in [0.3, 0.4) is 0 Å². The molecule has 0 fully saturated rings. The Kier molecular flexibility index (Phi) is 7.18. The number of aromatic nitrogens is 3. The van der Waals surface area contributed by atoms with E-state index < -0.39 is 23.1 Å². The molecule has 0 saturated heterocycles. The number of H-pyrrole nitrogens is 1. The number of aromatic amines is 1. The fraction of sp³-hybridized carbons (Fsp3) is 0.161. The van der Waals surface area contributed by atoms with Crippen molar-refractivity contribution in [3.63, 3.8) is 0 Å². The maximum atomic E-state index is 13.1. The zero-order valence-electron chi connectivity index (χ0n) is 22.5. The number of anilines is 1. The van der Waals surface area contributed by atoms with Crippen LogP contribution in [0.5, 0.6) is 11.6 Å². The van der Waals surface area contributed by atoms with Crippen molar-refractivity contribution < 1.29 is 14.3 Å². The molecule has 10 nitrogen and oxygen atoms in total. The van der Waals surface area contributed by atoms with E-state index in [-0.39, 0.29) is 29.7 Å². The standard InChI is InChI=1S/C31H25N5O5/c1-18(2)26-27(37)34-31(40)35(30(26)41-22-14-19(3)13-20(15-22)7-6-11-32)17-21-10-12-33-25(16-21)36-28(38)23-8-4-5-9-24(23)29(36)39/h4-10,12-16,18H,17H2,1-3H3,(H,34,37,40). The lowest BCUT2D eigenvalue weighted by Gasteiger charge is -2.19. The number of carbonyl (C=O) groups excluding carboxylic acids is 2. The number of nitrogens with one attached hydrogen (secondary N) is 1. The van der Waals surface area contributed by atoms with E-state index in [2.05, 4.69) is 9.97 Å². The molecular formula is C31H25N5O5. The lowest BCUT2D eigenvalue weighted by Crippen LogP contribution is -2.34. The van der Waals surface area contributed by atoms with Gasteiger partial charge in [0.15, 0.2) is 0 Å². The second-order valence-corrected chi connectivity index (χ2v) is 9.88. The van der Waals surface area contributed by atoms with Gasteiger partial charge in [0.05, 0.1) is 29.3 Å². The van der Waals surface area contributed by atoms with Gasteiger partial charge in [0, 0.05) is 12.3 Å². The number of pyridine rings is 1. The largest absolute Gasteiger partial charge is 0.440 e. The molecule has 5 rings (SSSR count). The number of hydrogen-bond acceptors (Lipinski definition) is 7. The second-order valence-electron chi connectivity index (χ2n) is 9.88. The molecule has 1 N–H and O–H groups in total. The number of allylic oxidation sites excluding steroid dienone is 1. The molecule has 0 spiro atoms. The first-order valence-electron chi connectivity index (χ1n) is 12.8. The Hall–Kier alpha value is -5.56. The van der Waals surface area contributed by atoms with E-state index in [1.54, 1.807) is 54.6 Å². The summed E-state index contributed by atoms with van der Waals surface area (Å²) in [6.07, 6.45) is 4.42. The van der Waals surface area contributed by atoms with Gasteiger partial charge in [-0.25, -0.2) is 14.7 Å². The van der Waals surface area contributed by atoms with E-state index >= 15 is 0 Å². The Bertz CT molecular complexity index is 1860. The highest BCUT2D eigenvalue weighted by atomic mass is 16.5. The van der Waals surface area contributed by atoms with Gasteiger partial charge in [-0.05, 0) is 72.0 Å². The summed E-state index contributed by atoms with van der Waals surface area (Å²) in [7, 11) is 0. The minimum Gasteiger partial charge on any atom is -0.440 e. The van der Waals surface area contributed by atoms with Gasteiger partial charge in [0.1, 0.15) is 11.6 Å². The lowest BCUT2D eigenvalue weighted by molar-refractivity contribution is 0.0925. The van der Waals surface area contributed by atoms with Gasteiger partial charge < -0.3 is 4.74 Å². The van der Waals surface area contributed by atoms with Crippen LogP contribution in [0.1, 0.15) is 62.7 Å². The molecular weight excluding hydrogens is 522 g/mol. The van der Waals surface area contributed by atoms with E-state index in [0.717, 1.165) is 10.5 Å². The average Bonchev–Trinajstić information content (AvgIpc) is 3.19. The van der Waals surface area contributed by atoms with Gasteiger partial charge >= 0.3 is 5.69 Å². The maximum Gasteiger partial charge on any atom is 0.331 e. The van der Waals surface area contributed by atoms with Crippen molar-refractivity contribution in [3.05, 3.63) is 121 Å². The monoisotopic (exact) mass is 547 g/mol. The Labute approximate surface area is 234 Å². The van der Waals surface area contributed by atoms with Crippen LogP contribution in [0.15, 0.2) is 76.5 Å². The van der Waals surface area contributed by atoms with Crippen LogP contribution < -0.4 is 20.9 Å². The summed E-state index contributed by atoms with van der Waals surface area (Å²) >= 11 is 0. The molecule has 1 aliphatic heterocycles. The molecule has 0 unspecified atom stereocenters. The number of nitriles is 1. The number of carbonyl (C=O) groups is 2. The number of ether oxygens (including phenoxy) is 1. The zero-order chi connectivity index (χ0) is 29.3. The highest BCUT2D eigenvalue weighted by Gasteiger charge is 2.37. The van der Waals surface area contributed by atoms with Gasteiger partial charge in [-0.2, -0.15) is 5.26 Å². The van der Waals surface area contributed by atoms with Gasteiger partial charge in [-0.1, -0.05) is 32.0 Å². The Morgan fingerprint density at radius 1 is 1.02 bits per heavy atom. The molecule has 41 heavy (non-hydrogen) atoms. The topological polar surface area (TPSA) is 138 Å². The summed E-state index contributed by atoms with van der Waals surface area (Å²) in [5.74, 6) is -0.704. The van der Waals surface area contributed by atoms with Crippen LogP contribution >= 0.6 is 0 Å². The van der Waals surface area contributed by atoms with E-state index in [9.17, 15) is 19.2 Å². The minimum absolute atomic E-state index is 0.0453. The van der Waals surface area contributed by atoms with Crippen LogP contribution in [0, 0.1) is 18.3 Å². The molecule has 0 bridgehead atoms. The molecule has 0 atom stereocenters. The van der Waals surface area contributed by atoms with Gasteiger partial charge in [-0.15, -0.1) is 0 Å². The van der Waals surface area contributed by atoms with Crippen LogP contribution in [0.4, 0.5) is 5.82 Å². The van der Waals surface area contributed by atoms with Crippen LogP contribution in [-0.4, -0.2) is 26.3 Å². The number of nitrogens with zero attached hydrogens (tertiary/aromatic N) is 4. The molecule has 0 saturated carbocycles. The third-order valence-corrected chi connectivity index (χ3v) is 6.57. The van der Waals surface area contributed by atoms with Crippen molar-refractivity contribution >= 4 is 23.7 Å². The van der Waals surface area contributed by atoms with Crippen LogP contribution in [-0.2, 0) is 6.54 Å². The second kappa shape index (κ2) is 10.9. The van der Waals surface area contributed by atoms with E-state index in [4.69, 9.17) is 10.00 Å². The predicted octanol–water partition coefficient (Wildman–Crippen LogP) is 4.54. The summed E-state index contributed by atoms with van der Waals surface area (Å²) in [6.45, 7) is 5.45. The molecule has 0 radical (unpaired) electrons. The molecule has 0 aliphatic carbocycles. The van der Waals surface area contributed by atoms with Crippen molar-refractivity contribution in [1.82, 2.24) is 14.5 Å². The fourth-order valence-corrected chi connectivity index (χ4v) is 4.77. The highest BCUT2D eigenvalue weighted by molar-refractivity contribution is 6.34. The minimum atomic E-state index is -0.689. The number of hydrogen-bond donors (Lipinski definition) is 1. The zero-order valence-corrected chi connectivity index (χ0v) is 22.5. The predicted molar refractivity (Wildman–Crippen MR) is 152 cm³/mol. The molecule has 1 aliphatic rings. The van der Waals surface area contributed by atoms with Crippen LogP contribution in [0.2, 0.25) is 0 Å². The van der Waals surface area contributed by atoms with E-state index in [1.165, 1.54) is 16.8 Å². The van der Waals surface area contributed by atoms with Crippen molar-refractivity contribution in [3.8, 4) is 17.7 Å². The van der Waals surface area contributed by atoms with Crippen molar-refractivity contribution in [2.45, 2.75) is 33.2 Å². The molecule has 4 aromatic rings. The number of amides is 2. The Morgan fingerprint density at radius 2 is 1.73 bits per heavy atom. The number of rotatable bonds is 7. The number of aryl methyl sites for hydroxylation is 1. The number of fused-ring (bicyclic) bond motifs is 1. The molecule has 10 heteroatoms. The third-order valence-electron chi connectivity index (χ3n) is 6.57. The smallest absolute Gasteiger partial charge is 0.331 e. The summed E-state index contributed by atoms with van der Waals surface area (Å²) in [6, 6.07) is 17.0. The van der Waals surface area contributed by atoms with Gasteiger partial charge in [0.25, 0.3) is 17.4 Å². The van der Waals surface area contributed by atoms with Crippen molar-refractivity contribution in [1.29, 1.82) is 5.26 Å². The Balaban J connectivity index is 1.57. The summed E-state index contributed by atoms with van der Waals surface area (Å²) < 4.78 is 7.53. The maximum absolute atomic E-state index is 13.1. The lowest BCUT2D eigenvalue weighted by atomic mass is 10.1. The number of imide groups is 1. The molecule has 2 aromatic heterocycles. The third kappa shape index (κ3) is 5.21. The van der Waals surface area contributed by atoms with Crippen molar-refractivity contribution in [2.75, 3.05) is 4.90 Å². The quantitative estimate of drug-likeness (QED) is 0.265. The highest BCUT2D eigenvalue weighted by Crippen LogP contribution is 2.31. The summed E-state index contributed by atoms with van der Waals surface area (Å²) in [5, 5.41) is 8.91. The number of benzene rings is 2. The summed E-state index contributed by atoms with van der Waals surface area (Å²) in [5.41, 5.74) is 1.72. The molecule has 2 aromatic carbocycles. The first-order valence-corrected chi connectivity index (χ1v) is 12.8. The fourth-order valence-electron chi connectivity index (χ4n) is 4.77.